The molecule has 1 fully saturated rings. The van der Waals surface area contributed by atoms with E-state index >= 15 is 0 Å². The maximum absolute atomic E-state index is 12.5. The molecular formula is C23H28N4O5S. The third-order valence-corrected chi connectivity index (χ3v) is 6.10. The van der Waals surface area contributed by atoms with Gasteiger partial charge >= 0.3 is 6.03 Å². The number of benzene rings is 2. The molecule has 33 heavy (non-hydrogen) atoms. The third-order valence-electron chi connectivity index (χ3n) is 5.28. The molecule has 3 rings (SSSR count). The lowest BCUT2D eigenvalue weighted by atomic mass is 9.83. The number of imide groups is 1. The molecule has 0 spiro atoms. The number of hydrogen-bond acceptors (Lipinski definition) is 6. The average Bonchev–Trinajstić information content (AvgIpc) is 2.76. The molecule has 176 valence electrons. The molecule has 0 radical (unpaired) electrons. The van der Waals surface area contributed by atoms with Gasteiger partial charge < -0.3 is 4.74 Å². The number of urea groups is 1. The molecule has 1 aliphatic rings. The lowest BCUT2D eigenvalue weighted by molar-refractivity contribution is -0.120. The van der Waals surface area contributed by atoms with Crippen molar-refractivity contribution in [3.8, 4) is 16.9 Å². The number of rotatable bonds is 6. The standard InChI is InChI=1S/C23H28N4O5S/c1-23(2,3)19-14-17(27-11-9-20(28)25-22(27)29)13-18(21(19)32-4)16-7-5-15(6-8-16)10-12-33(30,31)26-24/h5-8,10,12-14,26H,9,11,24H2,1-4H3,(H,25,28,29)/b12-10+. The number of amides is 3. The summed E-state index contributed by atoms with van der Waals surface area (Å²) in [5.74, 6) is 5.37. The van der Waals surface area contributed by atoms with Crippen molar-refractivity contribution in [1.29, 1.82) is 0 Å². The van der Waals surface area contributed by atoms with Gasteiger partial charge in [-0.1, -0.05) is 45.0 Å². The molecule has 9 nitrogen and oxygen atoms in total. The van der Waals surface area contributed by atoms with Crippen LogP contribution in [0.15, 0.2) is 41.8 Å². The Bertz CT molecular complexity index is 1200. The van der Waals surface area contributed by atoms with E-state index in [-0.39, 0.29) is 24.3 Å². The molecule has 1 aliphatic heterocycles. The van der Waals surface area contributed by atoms with Crippen LogP contribution in [-0.2, 0) is 20.2 Å². The van der Waals surface area contributed by atoms with Gasteiger partial charge in [-0.25, -0.2) is 13.2 Å². The molecule has 0 aliphatic carbocycles. The van der Waals surface area contributed by atoms with E-state index in [0.717, 1.165) is 22.1 Å². The van der Waals surface area contributed by atoms with E-state index in [1.54, 1.807) is 29.0 Å². The molecule has 2 aromatic rings. The minimum absolute atomic E-state index is 0.222. The first-order valence-corrected chi connectivity index (χ1v) is 11.8. The Morgan fingerprint density at radius 2 is 1.82 bits per heavy atom. The van der Waals surface area contributed by atoms with Crippen LogP contribution in [0.25, 0.3) is 17.2 Å². The number of sulfonamides is 1. The van der Waals surface area contributed by atoms with Gasteiger partial charge in [0.1, 0.15) is 5.75 Å². The summed E-state index contributed by atoms with van der Waals surface area (Å²) in [5, 5.41) is 3.34. The Labute approximate surface area is 193 Å². The van der Waals surface area contributed by atoms with E-state index in [2.05, 4.69) is 26.1 Å². The van der Waals surface area contributed by atoms with Crippen LogP contribution in [0.1, 0.15) is 38.3 Å². The SMILES string of the molecule is COc1c(-c2ccc(/C=C/S(=O)(=O)NN)cc2)cc(N2CCC(=O)NC2=O)cc1C(C)(C)C. The summed E-state index contributed by atoms with van der Waals surface area (Å²) >= 11 is 0. The maximum Gasteiger partial charge on any atom is 0.328 e. The van der Waals surface area contributed by atoms with Crippen LogP contribution >= 0.6 is 0 Å². The maximum atomic E-state index is 12.5. The largest absolute Gasteiger partial charge is 0.496 e. The minimum atomic E-state index is -3.68. The van der Waals surface area contributed by atoms with Gasteiger partial charge in [0.2, 0.25) is 15.9 Å². The molecule has 0 unspecified atom stereocenters. The fraction of sp³-hybridized carbons (Fsp3) is 0.304. The summed E-state index contributed by atoms with van der Waals surface area (Å²) in [6.07, 6.45) is 1.65. The number of hydrogen-bond donors (Lipinski definition) is 3. The molecule has 4 N–H and O–H groups in total. The first-order valence-electron chi connectivity index (χ1n) is 10.3. The monoisotopic (exact) mass is 472 g/mol. The lowest BCUT2D eigenvalue weighted by Gasteiger charge is -2.31. The second-order valence-electron chi connectivity index (χ2n) is 8.67. The molecule has 0 saturated carbocycles. The fourth-order valence-electron chi connectivity index (χ4n) is 3.55. The van der Waals surface area contributed by atoms with E-state index in [1.165, 1.54) is 6.08 Å². The zero-order chi connectivity index (χ0) is 24.4. The highest BCUT2D eigenvalue weighted by molar-refractivity contribution is 7.92. The van der Waals surface area contributed by atoms with E-state index in [0.29, 0.717) is 17.0 Å². The van der Waals surface area contributed by atoms with Gasteiger partial charge in [-0.15, -0.1) is 0 Å². The van der Waals surface area contributed by atoms with E-state index < -0.39 is 16.1 Å². The average molecular weight is 473 g/mol. The molecule has 2 aromatic carbocycles. The number of methoxy groups -OCH3 is 1. The summed E-state index contributed by atoms with van der Waals surface area (Å²) in [5.41, 5.74) is 3.54. The van der Waals surface area contributed by atoms with Crippen molar-refractivity contribution in [2.24, 2.45) is 5.84 Å². The van der Waals surface area contributed by atoms with Gasteiger partial charge in [0.15, 0.2) is 0 Å². The minimum Gasteiger partial charge on any atom is -0.496 e. The van der Waals surface area contributed by atoms with E-state index in [9.17, 15) is 18.0 Å². The summed E-state index contributed by atoms with van der Waals surface area (Å²) < 4.78 is 28.8. The number of nitrogens with one attached hydrogen (secondary N) is 2. The van der Waals surface area contributed by atoms with Crippen molar-refractivity contribution in [3.05, 3.63) is 52.9 Å². The highest BCUT2D eigenvalue weighted by Crippen LogP contribution is 2.42. The summed E-state index contributed by atoms with van der Waals surface area (Å²) in [6.45, 7) is 6.45. The normalized spacial score (nSPS) is 15.1. The van der Waals surface area contributed by atoms with Crippen LogP contribution in [0.3, 0.4) is 0 Å². The van der Waals surface area contributed by atoms with Gasteiger partial charge in [-0.05, 0) is 34.8 Å². The van der Waals surface area contributed by atoms with Crippen molar-refractivity contribution < 1.29 is 22.7 Å². The molecule has 3 amide bonds. The highest BCUT2D eigenvalue weighted by atomic mass is 32.2. The number of carbonyl (C=O) groups is 2. The Kier molecular flexibility index (Phi) is 6.92. The Balaban J connectivity index is 2.10. The Hall–Kier alpha value is -3.21. The van der Waals surface area contributed by atoms with Crippen LogP contribution in [0.2, 0.25) is 0 Å². The zero-order valence-electron chi connectivity index (χ0n) is 19.0. The van der Waals surface area contributed by atoms with Crippen LogP contribution in [-0.4, -0.2) is 34.0 Å². The number of carbonyl (C=O) groups excluding carboxylic acids is 2. The van der Waals surface area contributed by atoms with Gasteiger partial charge in [0.05, 0.1) is 7.11 Å². The van der Waals surface area contributed by atoms with Crippen LogP contribution in [0.5, 0.6) is 5.75 Å². The molecule has 1 heterocycles. The van der Waals surface area contributed by atoms with Crippen molar-refractivity contribution >= 4 is 33.7 Å². The zero-order valence-corrected chi connectivity index (χ0v) is 19.8. The first-order chi connectivity index (χ1) is 15.4. The van der Waals surface area contributed by atoms with Crippen LogP contribution < -0.4 is 25.6 Å². The number of anilines is 1. The van der Waals surface area contributed by atoms with Gasteiger partial charge in [0, 0.05) is 35.2 Å². The number of nitrogens with two attached hydrogens (primary N) is 1. The Morgan fingerprint density at radius 1 is 1.15 bits per heavy atom. The van der Waals surface area contributed by atoms with Crippen molar-refractivity contribution in [1.82, 2.24) is 10.1 Å². The summed E-state index contributed by atoms with van der Waals surface area (Å²) in [7, 11) is -2.08. The van der Waals surface area contributed by atoms with Crippen molar-refractivity contribution in [2.75, 3.05) is 18.6 Å². The number of nitrogens with zero attached hydrogens (tertiary/aromatic N) is 1. The quantitative estimate of drug-likeness (QED) is 0.438. The second kappa shape index (κ2) is 9.34. The van der Waals surface area contributed by atoms with Crippen molar-refractivity contribution in [3.63, 3.8) is 0 Å². The fourth-order valence-corrected chi connectivity index (χ4v) is 3.97. The van der Waals surface area contributed by atoms with E-state index in [4.69, 9.17) is 10.6 Å². The lowest BCUT2D eigenvalue weighted by Crippen LogP contribution is -2.49. The van der Waals surface area contributed by atoms with Gasteiger partial charge in [-0.2, -0.15) is 4.83 Å². The summed E-state index contributed by atoms with van der Waals surface area (Å²) in [4.78, 5) is 27.4. The number of hydrazine groups is 1. The van der Waals surface area contributed by atoms with Crippen molar-refractivity contribution in [2.45, 2.75) is 32.6 Å². The molecule has 0 aromatic heterocycles. The van der Waals surface area contributed by atoms with E-state index in [1.807, 2.05) is 24.3 Å². The molecule has 0 atom stereocenters. The Morgan fingerprint density at radius 3 is 2.36 bits per heavy atom. The smallest absolute Gasteiger partial charge is 0.328 e. The van der Waals surface area contributed by atoms with Crippen LogP contribution in [0.4, 0.5) is 10.5 Å². The van der Waals surface area contributed by atoms with Gasteiger partial charge in [0.25, 0.3) is 0 Å². The third kappa shape index (κ3) is 5.59. The van der Waals surface area contributed by atoms with Gasteiger partial charge in [-0.3, -0.25) is 20.9 Å². The highest BCUT2D eigenvalue weighted by Gasteiger charge is 2.29. The molecule has 1 saturated heterocycles. The second-order valence-corrected chi connectivity index (χ2v) is 10.3. The van der Waals surface area contributed by atoms with Crippen LogP contribution in [0, 0.1) is 0 Å². The topological polar surface area (TPSA) is 131 Å². The molecular weight excluding hydrogens is 444 g/mol. The molecule has 0 bridgehead atoms. The first kappa shape index (κ1) is 24.4. The summed E-state index contributed by atoms with van der Waals surface area (Å²) in [6, 6.07) is 10.5. The molecule has 10 heteroatoms. The predicted molar refractivity (Wildman–Crippen MR) is 128 cm³/mol. The predicted octanol–water partition coefficient (Wildman–Crippen LogP) is 2.87. The number of ether oxygens (including phenoxy) is 1.